The number of nitrogen functional groups attached to an aromatic ring is 1. The highest BCUT2D eigenvalue weighted by atomic mass is 79.9. The highest BCUT2D eigenvalue weighted by molar-refractivity contribution is 9.10. The van der Waals surface area contributed by atoms with Crippen LogP contribution in [0.4, 0.5) is 28.4 Å². The standard InChI is InChI=1S/C13H13N3O2.C9H6N2O.C8H6BrNO.ClH/c14-6-7-1-2-8-3-4-16(9(8)5-7)11-10(15)12(17)13(11)18;10-5-6-1-2-7-4-9(12)11-8(7)3-6;9-6-2-1-5-3-8(11)10-7(5)4-6;/h1-2,5H,3-4,6,14-15H2;1-3H,4H2,(H,11,12);1-2,4H,3H2,(H,10,11);1H. The minimum absolute atomic E-state index is 0. The van der Waals surface area contributed by atoms with Crippen molar-refractivity contribution in [1.82, 2.24) is 0 Å². The summed E-state index contributed by atoms with van der Waals surface area (Å²) in [6.45, 7) is 1.13. The number of nitriles is 1. The van der Waals surface area contributed by atoms with Crippen LogP contribution in [0.25, 0.3) is 0 Å². The SMILES string of the molecule is Cl.N#Cc1ccc2c(c1)NC(=O)C2.NCc1ccc2c(c1)N(c1c(N)c(=O)c1=O)CC2.O=C1Cc2ccc(Br)cc2N1. The summed E-state index contributed by atoms with van der Waals surface area (Å²) >= 11 is 3.33. The Morgan fingerprint density at radius 2 is 1.48 bits per heavy atom. The number of carbonyl (C=O) groups is 2. The van der Waals surface area contributed by atoms with E-state index in [2.05, 4.69) is 26.6 Å². The highest BCUT2D eigenvalue weighted by Crippen LogP contribution is 2.36. The molecule has 12 heteroatoms. The zero-order chi connectivity index (χ0) is 29.3. The lowest BCUT2D eigenvalue weighted by Crippen LogP contribution is -2.40. The van der Waals surface area contributed by atoms with Gasteiger partial charge in [0.1, 0.15) is 11.4 Å². The number of nitrogens with zero attached hydrogens (tertiary/aromatic N) is 2. The molecule has 3 heterocycles. The van der Waals surface area contributed by atoms with E-state index in [9.17, 15) is 19.2 Å². The van der Waals surface area contributed by atoms with Gasteiger partial charge in [0.25, 0.3) is 10.9 Å². The van der Waals surface area contributed by atoms with Crippen molar-refractivity contribution in [1.29, 1.82) is 5.26 Å². The van der Waals surface area contributed by atoms with Crippen molar-refractivity contribution < 1.29 is 9.59 Å². The van der Waals surface area contributed by atoms with Crippen LogP contribution in [0.3, 0.4) is 0 Å². The first kappa shape index (κ1) is 30.5. The zero-order valence-corrected chi connectivity index (χ0v) is 24.6. The maximum atomic E-state index is 11.6. The fraction of sp³-hybridized carbons (Fsp3) is 0.167. The van der Waals surface area contributed by atoms with Crippen molar-refractivity contribution in [3.63, 3.8) is 0 Å². The first-order valence-corrected chi connectivity index (χ1v) is 13.6. The second-order valence-electron chi connectivity index (χ2n) is 9.72. The van der Waals surface area contributed by atoms with Crippen LogP contribution in [0.2, 0.25) is 0 Å². The third kappa shape index (κ3) is 6.06. The molecule has 3 aliphatic rings. The third-order valence-corrected chi connectivity index (χ3v) is 7.53. The second-order valence-corrected chi connectivity index (χ2v) is 10.6. The van der Waals surface area contributed by atoms with E-state index < -0.39 is 10.9 Å². The van der Waals surface area contributed by atoms with Crippen molar-refractivity contribution in [2.75, 3.05) is 27.8 Å². The van der Waals surface area contributed by atoms with Crippen molar-refractivity contribution in [2.45, 2.75) is 25.8 Å². The Labute approximate surface area is 255 Å². The van der Waals surface area contributed by atoms with Gasteiger partial charge in [-0.1, -0.05) is 40.2 Å². The lowest BCUT2D eigenvalue weighted by atomic mass is 10.1. The molecule has 0 unspecified atom stereocenters. The van der Waals surface area contributed by atoms with Crippen LogP contribution in [-0.2, 0) is 35.4 Å². The minimum atomic E-state index is -0.576. The van der Waals surface area contributed by atoms with Gasteiger partial charge in [0.2, 0.25) is 11.8 Å². The first-order valence-electron chi connectivity index (χ1n) is 12.8. The number of nitrogens with two attached hydrogens (primary N) is 2. The van der Waals surface area contributed by atoms with E-state index in [-0.39, 0.29) is 29.9 Å². The normalized spacial score (nSPS) is 13.7. The molecule has 0 spiro atoms. The number of anilines is 5. The Balaban J connectivity index is 0.000000149. The van der Waals surface area contributed by atoms with Crippen molar-refractivity contribution in [3.8, 4) is 6.07 Å². The van der Waals surface area contributed by atoms with E-state index in [1.807, 2.05) is 53.4 Å². The summed E-state index contributed by atoms with van der Waals surface area (Å²) in [6, 6.07) is 19.0. The fourth-order valence-corrected chi connectivity index (χ4v) is 5.28. The first-order chi connectivity index (χ1) is 19.7. The summed E-state index contributed by atoms with van der Waals surface area (Å²) in [5, 5.41) is 14.0. The number of fused-ring (bicyclic) bond motifs is 3. The number of hydrogen-bond donors (Lipinski definition) is 4. The molecule has 2 amide bonds. The van der Waals surface area contributed by atoms with Crippen LogP contribution in [-0.4, -0.2) is 18.4 Å². The molecule has 0 bridgehead atoms. The van der Waals surface area contributed by atoms with Gasteiger partial charge in [-0.15, -0.1) is 12.4 Å². The van der Waals surface area contributed by atoms with Crippen molar-refractivity contribution >= 4 is 68.6 Å². The number of hydrogen-bond acceptors (Lipinski definition) is 8. The monoisotopic (exact) mass is 648 g/mol. The molecule has 0 aliphatic carbocycles. The number of benzene rings is 3. The molecule has 0 saturated heterocycles. The topological polar surface area (TPSA) is 171 Å². The van der Waals surface area contributed by atoms with E-state index in [1.54, 1.807) is 12.1 Å². The van der Waals surface area contributed by atoms with Gasteiger partial charge in [0.15, 0.2) is 0 Å². The van der Waals surface area contributed by atoms with E-state index >= 15 is 0 Å². The van der Waals surface area contributed by atoms with Crippen molar-refractivity contribution in [2.24, 2.45) is 5.73 Å². The quantitative estimate of drug-likeness (QED) is 0.239. The van der Waals surface area contributed by atoms with E-state index in [1.165, 1.54) is 0 Å². The molecular weight excluding hydrogens is 624 g/mol. The van der Waals surface area contributed by atoms with Gasteiger partial charge in [0.05, 0.1) is 24.5 Å². The predicted molar refractivity (Wildman–Crippen MR) is 168 cm³/mol. The summed E-state index contributed by atoms with van der Waals surface area (Å²) in [7, 11) is 0. The molecule has 4 aromatic rings. The van der Waals surface area contributed by atoms with Crippen LogP contribution < -0.4 is 37.9 Å². The lowest BCUT2D eigenvalue weighted by Gasteiger charge is -2.22. The van der Waals surface area contributed by atoms with Crippen LogP contribution >= 0.6 is 28.3 Å². The maximum Gasteiger partial charge on any atom is 0.253 e. The molecule has 42 heavy (non-hydrogen) atoms. The van der Waals surface area contributed by atoms with Gasteiger partial charge < -0.3 is 27.0 Å². The minimum Gasteiger partial charge on any atom is -0.394 e. The molecule has 7 rings (SSSR count). The Morgan fingerprint density at radius 1 is 0.857 bits per heavy atom. The van der Waals surface area contributed by atoms with E-state index in [0.29, 0.717) is 37.2 Å². The zero-order valence-electron chi connectivity index (χ0n) is 22.2. The largest absolute Gasteiger partial charge is 0.394 e. The van der Waals surface area contributed by atoms with Gasteiger partial charge >= 0.3 is 0 Å². The summed E-state index contributed by atoms with van der Waals surface area (Å²) < 4.78 is 0.999. The highest BCUT2D eigenvalue weighted by Gasteiger charge is 2.29. The number of amides is 2. The van der Waals surface area contributed by atoms with Crippen molar-refractivity contribution in [3.05, 3.63) is 107 Å². The van der Waals surface area contributed by atoms with E-state index in [0.717, 1.165) is 50.2 Å². The smallest absolute Gasteiger partial charge is 0.253 e. The van der Waals surface area contributed by atoms with Gasteiger partial charge in [-0.25, -0.2) is 0 Å². The number of carbonyl (C=O) groups excluding carboxylic acids is 2. The average molecular weight is 650 g/mol. The molecule has 6 N–H and O–H groups in total. The summed E-state index contributed by atoms with van der Waals surface area (Å²) in [4.78, 5) is 46.4. The Morgan fingerprint density at radius 3 is 2.10 bits per heavy atom. The Kier molecular flexibility index (Phi) is 9.11. The molecule has 0 radical (unpaired) electrons. The second kappa shape index (κ2) is 12.6. The van der Waals surface area contributed by atoms with Crippen LogP contribution in [0.5, 0.6) is 0 Å². The Hall–Kier alpha value is -4.50. The van der Waals surface area contributed by atoms with E-state index in [4.69, 9.17) is 16.7 Å². The number of rotatable bonds is 2. The van der Waals surface area contributed by atoms with Gasteiger partial charge in [-0.3, -0.25) is 19.2 Å². The molecule has 214 valence electrons. The summed E-state index contributed by atoms with van der Waals surface area (Å²) in [5.41, 5.74) is 18.0. The maximum absolute atomic E-state index is 11.6. The summed E-state index contributed by atoms with van der Waals surface area (Å²) in [5.74, 6) is 0.0817. The van der Waals surface area contributed by atoms with Crippen LogP contribution in [0.15, 0.2) is 68.7 Å². The molecule has 0 saturated carbocycles. The fourth-order valence-electron chi connectivity index (χ4n) is 4.92. The van der Waals surface area contributed by atoms with Gasteiger partial charge in [-0.2, -0.15) is 5.26 Å². The molecular formula is C30H26BrClN6O4. The van der Waals surface area contributed by atoms with Crippen LogP contribution in [0.1, 0.15) is 27.8 Å². The van der Waals surface area contributed by atoms with Gasteiger partial charge in [0, 0.05) is 34.6 Å². The predicted octanol–water partition coefficient (Wildman–Crippen LogP) is 3.44. The molecule has 3 aliphatic heterocycles. The molecule has 10 nitrogen and oxygen atoms in total. The molecule has 0 aromatic heterocycles. The van der Waals surface area contributed by atoms with Crippen LogP contribution in [0, 0.1) is 11.3 Å². The average Bonchev–Trinajstić information content (AvgIpc) is 3.67. The molecule has 4 aromatic carbocycles. The molecule has 0 atom stereocenters. The summed E-state index contributed by atoms with van der Waals surface area (Å²) in [6.07, 6.45) is 1.79. The third-order valence-electron chi connectivity index (χ3n) is 7.03. The lowest BCUT2D eigenvalue weighted by molar-refractivity contribution is -0.115. The number of nitrogens with one attached hydrogen (secondary N) is 2. The Bertz CT molecular complexity index is 1830. The number of halogens is 2. The van der Waals surface area contributed by atoms with Gasteiger partial charge in [-0.05, 0) is 59.0 Å². The molecule has 0 fully saturated rings.